The van der Waals surface area contributed by atoms with Crippen molar-refractivity contribution in [2.45, 2.75) is 38.1 Å². The van der Waals surface area contributed by atoms with E-state index in [-0.39, 0.29) is 31.3 Å². The molecule has 166 valence electrons. The van der Waals surface area contributed by atoms with Gasteiger partial charge in [-0.3, -0.25) is 0 Å². The Morgan fingerprint density at radius 2 is 1.48 bits per heavy atom. The molecule has 1 N–H and O–H groups in total. The first-order valence-corrected chi connectivity index (χ1v) is 10.8. The third-order valence-corrected chi connectivity index (χ3v) is 5.96. The molecule has 0 spiro atoms. The number of hydrogen-bond donors (Lipinski definition) is 1. The van der Waals surface area contributed by atoms with Crippen LogP contribution in [0.15, 0.2) is 60.7 Å². The predicted molar refractivity (Wildman–Crippen MR) is 118 cm³/mol. The summed E-state index contributed by atoms with van der Waals surface area (Å²) in [6.45, 7) is 0.183. The Labute approximate surface area is 183 Å². The number of aliphatic carboxylic acids is 1. The van der Waals surface area contributed by atoms with Gasteiger partial charge in [-0.1, -0.05) is 79.9 Å². The Kier molecular flexibility index (Phi) is 8.06. The van der Waals surface area contributed by atoms with Crippen LogP contribution in [0.4, 0.5) is 4.79 Å². The smallest absolute Gasteiger partial charge is 0.410 e. The second-order valence-corrected chi connectivity index (χ2v) is 8.34. The van der Waals surface area contributed by atoms with Crippen LogP contribution in [-0.4, -0.2) is 48.9 Å². The molecule has 2 aromatic rings. The van der Waals surface area contributed by atoms with Gasteiger partial charge in [-0.15, -0.1) is 0 Å². The lowest BCUT2D eigenvalue weighted by Crippen LogP contribution is -2.39. The van der Waals surface area contributed by atoms with Gasteiger partial charge in [0.1, 0.15) is 13.2 Å². The van der Waals surface area contributed by atoms with Crippen molar-refractivity contribution in [1.82, 2.24) is 4.90 Å². The number of rotatable bonds is 9. The molecule has 0 bridgehead atoms. The molecule has 0 heterocycles. The highest BCUT2D eigenvalue weighted by Gasteiger charge is 2.35. The zero-order valence-corrected chi connectivity index (χ0v) is 18.0. The molecule has 3 rings (SSSR count). The molecule has 0 aliphatic heterocycles. The van der Waals surface area contributed by atoms with E-state index in [1.54, 1.807) is 11.9 Å². The van der Waals surface area contributed by atoms with Crippen molar-refractivity contribution in [3.05, 3.63) is 71.8 Å². The van der Waals surface area contributed by atoms with Gasteiger partial charge in [-0.25, -0.2) is 9.59 Å². The van der Waals surface area contributed by atoms with Gasteiger partial charge in [0.05, 0.1) is 12.6 Å². The molecule has 6 nitrogen and oxygen atoms in total. The van der Waals surface area contributed by atoms with Crippen molar-refractivity contribution in [1.29, 1.82) is 0 Å². The minimum atomic E-state index is -0.990. The summed E-state index contributed by atoms with van der Waals surface area (Å²) >= 11 is 0. The van der Waals surface area contributed by atoms with Gasteiger partial charge in [-0.2, -0.15) is 0 Å². The SMILES string of the molecule is CN(C(=O)OCC1(COCC(=O)O)CCCCC1)C(c1ccccc1)c1ccccc1. The number of hydrogen-bond acceptors (Lipinski definition) is 4. The standard InChI is InChI=1S/C25H31NO5/c1-26(23(20-11-5-2-6-12-20)21-13-7-3-8-14-21)24(29)31-19-25(15-9-4-10-16-25)18-30-17-22(27)28/h2-3,5-8,11-14,23H,4,9-10,15-19H2,1H3,(H,27,28). The van der Waals surface area contributed by atoms with Crippen LogP contribution in [0.1, 0.15) is 49.3 Å². The van der Waals surface area contributed by atoms with Crippen LogP contribution in [0.5, 0.6) is 0 Å². The second-order valence-electron chi connectivity index (χ2n) is 8.34. The number of amides is 1. The lowest BCUT2D eigenvalue weighted by molar-refractivity contribution is -0.144. The monoisotopic (exact) mass is 425 g/mol. The molecule has 0 radical (unpaired) electrons. The maximum atomic E-state index is 13.1. The van der Waals surface area contributed by atoms with E-state index >= 15 is 0 Å². The molecular weight excluding hydrogens is 394 g/mol. The van der Waals surface area contributed by atoms with Crippen molar-refractivity contribution < 1.29 is 24.2 Å². The summed E-state index contributed by atoms with van der Waals surface area (Å²) in [5, 5.41) is 8.88. The van der Waals surface area contributed by atoms with Crippen LogP contribution in [0.25, 0.3) is 0 Å². The molecule has 1 aliphatic carbocycles. The molecule has 6 heteroatoms. The summed E-state index contributed by atoms with van der Waals surface area (Å²) in [6.07, 6.45) is 4.52. The third kappa shape index (κ3) is 6.31. The highest BCUT2D eigenvalue weighted by molar-refractivity contribution is 5.69. The summed E-state index contributed by atoms with van der Waals surface area (Å²) in [4.78, 5) is 25.5. The molecule has 0 saturated heterocycles. The first-order chi connectivity index (χ1) is 15.0. The topological polar surface area (TPSA) is 76.1 Å². The highest BCUT2D eigenvalue weighted by Crippen LogP contribution is 2.37. The Morgan fingerprint density at radius 3 is 2.00 bits per heavy atom. The number of nitrogens with zero attached hydrogens (tertiary/aromatic N) is 1. The van der Waals surface area contributed by atoms with E-state index in [4.69, 9.17) is 14.6 Å². The number of carboxylic acid groups (broad SMARTS) is 1. The Hall–Kier alpha value is -2.86. The first-order valence-electron chi connectivity index (χ1n) is 10.8. The Morgan fingerprint density at radius 1 is 0.935 bits per heavy atom. The number of carbonyl (C=O) groups is 2. The van der Waals surface area contributed by atoms with Crippen LogP contribution in [-0.2, 0) is 14.3 Å². The van der Waals surface area contributed by atoms with Crippen LogP contribution in [0.2, 0.25) is 0 Å². The fourth-order valence-corrected chi connectivity index (χ4v) is 4.32. The lowest BCUT2D eigenvalue weighted by Gasteiger charge is -2.37. The largest absolute Gasteiger partial charge is 0.480 e. The number of carbonyl (C=O) groups excluding carboxylic acids is 1. The minimum absolute atomic E-state index is 0.228. The normalized spacial score (nSPS) is 15.4. The summed E-state index contributed by atoms with van der Waals surface area (Å²) in [5.74, 6) is -0.990. The van der Waals surface area contributed by atoms with Crippen molar-refractivity contribution in [3.63, 3.8) is 0 Å². The number of benzene rings is 2. The highest BCUT2D eigenvalue weighted by atomic mass is 16.6. The van der Waals surface area contributed by atoms with Gasteiger partial charge in [0.15, 0.2) is 0 Å². The average Bonchev–Trinajstić information content (AvgIpc) is 2.79. The fourth-order valence-electron chi connectivity index (χ4n) is 4.32. The van der Waals surface area contributed by atoms with Crippen LogP contribution < -0.4 is 0 Å². The van der Waals surface area contributed by atoms with Gasteiger partial charge >= 0.3 is 12.1 Å². The Bertz CT molecular complexity index is 794. The van der Waals surface area contributed by atoms with E-state index in [2.05, 4.69) is 0 Å². The van der Waals surface area contributed by atoms with Gasteiger partial charge in [-0.05, 0) is 24.0 Å². The van der Waals surface area contributed by atoms with Gasteiger partial charge in [0, 0.05) is 12.5 Å². The van der Waals surface area contributed by atoms with E-state index in [0.29, 0.717) is 0 Å². The molecule has 0 aromatic heterocycles. The molecule has 1 saturated carbocycles. The van der Waals surface area contributed by atoms with E-state index in [0.717, 1.165) is 43.2 Å². The van der Waals surface area contributed by atoms with Gasteiger partial charge in [0.2, 0.25) is 0 Å². The van der Waals surface area contributed by atoms with E-state index in [1.807, 2.05) is 60.7 Å². The van der Waals surface area contributed by atoms with E-state index < -0.39 is 12.1 Å². The van der Waals surface area contributed by atoms with Gasteiger partial charge < -0.3 is 19.5 Å². The zero-order valence-electron chi connectivity index (χ0n) is 18.0. The maximum absolute atomic E-state index is 13.1. The molecule has 1 amide bonds. The quantitative estimate of drug-likeness (QED) is 0.619. The fraction of sp³-hybridized carbons (Fsp3) is 0.440. The van der Waals surface area contributed by atoms with Crippen LogP contribution in [0, 0.1) is 5.41 Å². The van der Waals surface area contributed by atoms with Crippen LogP contribution >= 0.6 is 0 Å². The molecule has 31 heavy (non-hydrogen) atoms. The summed E-state index contributed by atoms with van der Waals surface area (Å²) in [7, 11) is 1.75. The van der Waals surface area contributed by atoms with Crippen molar-refractivity contribution >= 4 is 12.1 Å². The number of ether oxygens (including phenoxy) is 2. The number of carboxylic acids is 1. The molecule has 0 atom stereocenters. The van der Waals surface area contributed by atoms with Gasteiger partial charge in [0.25, 0.3) is 0 Å². The second kappa shape index (κ2) is 11.0. The van der Waals surface area contributed by atoms with E-state index in [1.165, 1.54) is 0 Å². The summed E-state index contributed by atoms with van der Waals surface area (Å²) < 4.78 is 11.2. The maximum Gasteiger partial charge on any atom is 0.410 e. The molecule has 2 aromatic carbocycles. The summed E-state index contributed by atoms with van der Waals surface area (Å²) in [6, 6.07) is 19.5. The zero-order chi connectivity index (χ0) is 22.1. The predicted octanol–water partition coefficient (Wildman–Crippen LogP) is 4.90. The van der Waals surface area contributed by atoms with Crippen LogP contribution in [0.3, 0.4) is 0 Å². The Balaban J connectivity index is 1.71. The first kappa shape index (κ1) is 22.8. The van der Waals surface area contributed by atoms with E-state index in [9.17, 15) is 9.59 Å². The molecule has 1 fully saturated rings. The average molecular weight is 426 g/mol. The van der Waals surface area contributed by atoms with Crippen molar-refractivity contribution in [3.8, 4) is 0 Å². The third-order valence-electron chi connectivity index (χ3n) is 5.96. The molecule has 1 aliphatic rings. The molecular formula is C25H31NO5. The van der Waals surface area contributed by atoms with Crippen molar-refractivity contribution in [2.75, 3.05) is 26.9 Å². The lowest BCUT2D eigenvalue weighted by atomic mass is 9.75. The minimum Gasteiger partial charge on any atom is -0.480 e. The summed E-state index contributed by atoms with van der Waals surface area (Å²) in [5.41, 5.74) is 1.69. The van der Waals surface area contributed by atoms with Crippen molar-refractivity contribution in [2.24, 2.45) is 5.41 Å². The molecule has 0 unspecified atom stereocenters.